The van der Waals surface area contributed by atoms with Crippen LogP contribution in [0.5, 0.6) is 0 Å². The molecule has 0 unspecified atom stereocenters. The van der Waals surface area contributed by atoms with E-state index in [1.165, 1.54) is 6.07 Å². The second kappa shape index (κ2) is 3.14. The van der Waals surface area contributed by atoms with Crippen LogP contribution < -0.4 is 16.8 Å². The van der Waals surface area contributed by atoms with Gasteiger partial charge in [0, 0.05) is 0 Å². The van der Waals surface area contributed by atoms with Crippen LogP contribution in [-0.2, 0) is 0 Å². The first-order chi connectivity index (χ1) is 5.65. The summed E-state index contributed by atoms with van der Waals surface area (Å²) in [6.45, 7) is 1.66. The normalized spacial score (nSPS) is 9.50. The molecule has 0 spiro atoms. The van der Waals surface area contributed by atoms with Gasteiger partial charge < -0.3 is 0 Å². The molecule has 0 bridgehead atoms. The smallest absolute Gasteiger partial charge is 0.277 e. The Bertz CT molecular complexity index is 357. The summed E-state index contributed by atoms with van der Waals surface area (Å²) in [7, 11) is 0. The van der Waals surface area contributed by atoms with E-state index in [1.807, 2.05) is 5.43 Å². The van der Waals surface area contributed by atoms with Crippen LogP contribution in [0, 0.1) is 6.92 Å². The van der Waals surface area contributed by atoms with Crippen LogP contribution in [0.2, 0.25) is 0 Å². The number of carbonyl (C=O) groups is 1. The minimum Gasteiger partial charge on any atom is -0.290 e. The van der Waals surface area contributed by atoms with Crippen LogP contribution in [0.3, 0.4) is 0 Å². The minimum atomic E-state index is -0.623. The maximum atomic E-state index is 10.9. The molecule has 0 aliphatic carbocycles. The van der Waals surface area contributed by atoms with Crippen molar-refractivity contribution in [2.45, 2.75) is 6.92 Å². The SMILES string of the molecule is Cc1cc(C(=O)NN)c(=O)[nH]n1. The van der Waals surface area contributed by atoms with Crippen molar-refractivity contribution >= 4 is 5.91 Å². The highest BCUT2D eigenvalue weighted by Crippen LogP contribution is 1.91. The van der Waals surface area contributed by atoms with Gasteiger partial charge in [-0.15, -0.1) is 0 Å². The third-order valence-electron chi connectivity index (χ3n) is 1.31. The molecule has 1 aromatic heterocycles. The number of H-pyrrole nitrogens is 1. The van der Waals surface area contributed by atoms with Gasteiger partial charge in [-0.25, -0.2) is 10.9 Å². The van der Waals surface area contributed by atoms with E-state index in [-0.39, 0.29) is 5.56 Å². The first-order valence-corrected chi connectivity index (χ1v) is 3.22. The number of rotatable bonds is 1. The molecule has 0 fully saturated rings. The standard InChI is InChI=1S/C6H8N4O2/c1-3-2-4(5(11)8-7)6(12)10-9-3/h2H,7H2,1H3,(H,8,11)(H,10,12). The zero-order valence-electron chi connectivity index (χ0n) is 6.42. The van der Waals surface area contributed by atoms with E-state index in [2.05, 4.69) is 10.2 Å². The van der Waals surface area contributed by atoms with Gasteiger partial charge in [0.15, 0.2) is 0 Å². The Kier molecular flexibility index (Phi) is 2.20. The van der Waals surface area contributed by atoms with Gasteiger partial charge in [0.25, 0.3) is 11.5 Å². The molecule has 0 radical (unpaired) electrons. The molecule has 6 nitrogen and oxygen atoms in total. The summed E-state index contributed by atoms with van der Waals surface area (Å²) in [6.07, 6.45) is 0. The summed E-state index contributed by atoms with van der Waals surface area (Å²) < 4.78 is 0. The predicted molar refractivity (Wildman–Crippen MR) is 41.2 cm³/mol. The zero-order chi connectivity index (χ0) is 9.14. The lowest BCUT2D eigenvalue weighted by atomic mass is 10.2. The molecule has 1 aromatic rings. The number of nitrogen functional groups attached to an aromatic ring is 1. The Morgan fingerprint density at radius 1 is 1.75 bits per heavy atom. The third-order valence-corrected chi connectivity index (χ3v) is 1.31. The van der Waals surface area contributed by atoms with Crippen LogP contribution in [0.1, 0.15) is 16.1 Å². The van der Waals surface area contributed by atoms with Crippen molar-refractivity contribution in [1.82, 2.24) is 15.6 Å². The van der Waals surface area contributed by atoms with Crippen molar-refractivity contribution in [3.8, 4) is 0 Å². The van der Waals surface area contributed by atoms with E-state index in [4.69, 9.17) is 5.84 Å². The Morgan fingerprint density at radius 3 is 3.00 bits per heavy atom. The van der Waals surface area contributed by atoms with Gasteiger partial charge >= 0.3 is 0 Å². The van der Waals surface area contributed by atoms with Gasteiger partial charge in [0.05, 0.1) is 5.69 Å². The van der Waals surface area contributed by atoms with E-state index >= 15 is 0 Å². The molecule has 12 heavy (non-hydrogen) atoms. The van der Waals surface area contributed by atoms with Gasteiger partial charge in [-0.2, -0.15) is 5.10 Å². The molecule has 4 N–H and O–H groups in total. The number of amides is 1. The molecule has 0 saturated heterocycles. The minimum absolute atomic E-state index is 0.0370. The fourth-order valence-corrected chi connectivity index (χ4v) is 0.752. The molecule has 0 atom stereocenters. The number of nitrogens with one attached hydrogen (secondary N) is 2. The molecular formula is C6H8N4O2. The predicted octanol–water partition coefficient (Wildman–Crippen LogP) is -1.32. The van der Waals surface area contributed by atoms with Gasteiger partial charge in [0.2, 0.25) is 0 Å². The lowest BCUT2D eigenvalue weighted by Gasteiger charge is -1.97. The highest BCUT2D eigenvalue weighted by Gasteiger charge is 2.08. The zero-order valence-corrected chi connectivity index (χ0v) is 6.42. The number of carbonyl (C=O) groups excluding carboxylic acids is 1. The van der Waals surface area contributed by atoms with Gasteiger partial charge in [-0.05, 0) is 13.0 Å². The van der Waals surface area contributed by atoms with E-state index < -0.39 is 11.5 Å². The number of hydrogen-bond donors (Lipinski definition) is 3. The Labute approximate surface area is 67.8 Å². The molecule has 0 saturated carbocycles. The van der Waals surface area contributed by atoms with E-state index in [0.717, 1.165) is 0 Å². The highest BCUT2D eigenvalue weighted by atomic mass is 16.2. The lowest BCUT2D eigenvalue weighted by Crippen LogP contribution is -2.34. The van der Waals surface area contributed by atoms with Crippen LogP contribution in [0.15, 0.2) is 10.9 Å². The van der Waals surface area contributed by atoms with Crippen LogP contribution in [0.4, 0.5) is 0 Å². The average molecular weight is 168 g/mol. The number of hydrazine groups is 1. The summed E-state index contributed by atoms with van der Waals surface area (Å²) in [5.74, 6) is 4.23. The number of nitrogens with zero attached hydrogens (tertiary/aromatic N) is 1. The molecule has 1 heterocycles. The second-order valence-corrected chi connectivity index (χ2v) is 2.23. The lowest BCUT2D eigenvalue weighted by molar-refractivity contribution is 0.0951. The number of aromatic amines is 1. The summed E-state index contributed by atoms with van der Waals surface area (Å²) in [4.78, 5) is 21.8. The van der Waals surface area contributed by atoms with Crippen LogP contribution in [0.25, 0.3) is 0 Å². The Morgan fingerprint density at radius 2 is 2.42 bits per heavy atom. The second-order valence-electron chi connectivity index (χ2n) is 2.23. The molecule has 0 aliphatic heterocycles. The summed E-state index contributed by atoms with van der Waals surface area (Å²) in [6, 6.07) is 1.36. The fourth-order valence-electron chi connectivity index (χ4n) is 0.752. The van der Waals surface area contributed by atoms with Crippen molar-refractivity contribution < 1.29 is 4.79 Å². The van der Waals surface area contributed by atoms with E-state index in [1.54, 1.807) is 6.92 Å². The molecular weight excluding hydrogens is 160 g/mol. The Balaban J connectivity index is 3.23. The molecule has 0 aliphatic rings. The Hall–Kier alpha value is -1.69. The monoisotopic (exact) mass is 168 g/mol. The van der Waals surface area contributed by atoms with Gasteiger partial charge in [-0.1, -0.05) is 0 Å². The number of hydrogen-bond acceptors (Lipinski definition) is 4. The quantitative estimate of drug-likeness (QED) is 0.275. The van der Waals surface area contributed by atoms with Crippen molar-refractivity contribution in [3.63, 3.8) is 0 Å². The highest BCUT2D eigenvalue weighted by molar-refractivity contribution is 5.93. The fraction of sp³-hybridized carbons (Fsp3) is 0.167. The third kappa shape index (κ3) is 1.48. The molecule has 6 heteroatoms. The van der Waals surface area contributed by atoms with E-state index in [9.17, 15) is 9.59 Å². The largest absolute Gasteiger partial charge is 0.290 e. The number of aromatic nitrogens is 2. The van der Waals surface area contributed by atoms with Crippen molar-refractivity contribution in [2.75, 3.05) is 0 Å². The average Bonchev–Trinajstić information content (AvgIpc) is 2.08. The van der Waals surface area contributed by atoms with E-state index in [0.29, 0.717) is 5.69 Å². The summed E-state index contributed by atoms with van der Waals surface area (Å²) in [5, 5.41) is 5.76. The van der Waals surface area contributed by atoms with Gasteiger partial charge in [0.1, 0.15) is 5.56 Å². The first kappa shape index (κ1) is 8.41. The molecule has 64 valence electrons. The van der Waals surface area contributed by atoms with Crippen LogP contribution in [-0.4, -0.2) is 16.1 Å². The van der Waals surface area contributed by atoms with Crippen molar-refractivity contribution in [2.24, 2.45) is 5.84 Å². The van der Waals surface area contributed by atoms with Crippen molar-refractivity contribution in [1.29, 1.82) is 0 Å². The maximum Gasteiger partial charge on any atom is 0.277 e. The van der Waals surface area contributed by atoms with Crippen LogP contribution >= 0.6 is 0 Å². The summed E-state index contributed by atoms with van der Waals surface area (Å²) >= 11 is 0. The maximum absolute atomic E-state index is 10.9. The van der Waals surface area contributed by atoms with Crippen molar-refractivity contribution in [3.05, 3.63) is 27.7 Å². The topological polar surface area (TPSA) is 101 Å². The first-order valence-electron chi connectivity index (χ1n) is 3.22. The molecule has 1 rings (SSSR count). The number of nitrogens with two attached hydrogens (primary N) is 1. The van der Waals surface area contributed by atoms with Gasteiger partial charge in [-0.3, -0.25) is 15.0 Å². The molecule has 1 amide bonds. The number of aryl methyl sites for hydroxylation is 1. The summed E-state index contributed by atoms with van der Waals surface area (Å²) in [5.41, 5.74) is 1.82. The molecule has 0 aromatic carbocycles.